The minimum atomic E-state index is -0.303. The number of nitrogens with zero attached hydrogens (tertiary/aromatic N) is 5. The van der Waals surface area contributed by atoms with Crippen molar-refractivity contribution < 1.29 is 0 Å². The maximum atomic E-state index is 13.5. The molecule has 1 N–H and O–H groups in total. The zero-order chi connectivity index (χ0) is 22.4. The van der Waals surface area contributed by atoms with E-state index in [0.717, 1.165) is 54.6 Å². The number of tetrazole rings is 1. The molecule has 0 bridgehead atoms. The van der Waals surface area contributed by atoms with Gasteiger partial charge in [0, 0.05) is 18.7 Å². The highest BCUT2D eigenvalue weighted by molar-refractivity contribution is 5.82. The number of benzene rings is 2. The Kier molecular flexibility index (Phi) is 5.06. The summed E-state index contributed by atoms with van der Waals surface area (Å²) in [4.78, 5) is 19.0. The van der Waals surface area contributed by atoms with Crippen LogP contribution in [0.4, 0.5) is 0 Å². The average Bonchev–Trinajstić information content (AvgIpc) is 3.52. The summed E-state index contributed by atoms with van der Waals surface area (Å²) >= 11 is 0. The van der Waals surface area contributed by atoms with Crippen molar-refractivity contribution in [2.45, 2.75) is 57.7 Å². The highest BCUT2D eigenvalue weighted by atomic mass is 16.1. The van der Waals surface area contributed by atoms with E-state index in [1.54, 1.807) is 0 Å². The first-order valence-electron chi connectivity index (χ1n) is 11.9. The van der Waals surface area contributed by atoms with Gasteiger partial charge in [0.2, 0.25) is 0 Å². The first kappa shape index (κ1) is 20.3. The SMILES string of the molecule is Cc1cccc2cc(C(c3nnnn3C3CCCC3)N3CCc4ccccc4C3)c(=O)[nH]c12. The third-order valence-corrected chi connectivity index (χ3v) is 7.37. The second kappa shape index (κ2) is 8.23. The van der Waals surface area contributed by atoms with Crippen LogP contribution in [-0.4, -0.2) is 36.6 Å². The normalized spacial score (nSPS) is 18.0. The topological polar surface area (TPSA) is 79.7 Å². The maximum absolute atomic E-state index is 13.5. The highest BCUT2D eigenvalue weighted by Crippen LogP contribution is 2.35. The molecule has 3 heterocycles. The van der Waals surface area contributed by atoms with Crippen molar-refractivity contribution in [3.63, 3.8) is 0 Å². The molecule has 1 unspecified atom stereocenters. The molecular formula is C26H28N6O. The van der Waals surface area contributed by atoms with Gasteiger partial charge >= 0.3 is 0 Å². The summed E-state index contributed by atoms with van der Waals surface area (Å²) < 4.78 is 2.00. The molecule has 4 aromatic rings. The molecular weight excluding hydrogens is 412 g/mol. The Morgan fingerprint density at radius 3 is 2.73 bits per heavy atom. The molecule has 6 rings (SSSR count). The van der Waals surface area contributed by atoms with Crippen LogP contribution in [0.3, 0.4) is 0 Å². The minimum absolute atomic E-state index is 0.0679. The fourth-order valence-corrected chi connectivity index (χ4v) is 5.63. The van der Waals surface area contributed by atoms with Crippen LogP contribution >= 0.6 is 0 Å². The number of hydrogen-bond donors (Lipinski definition) is 1. The molecule has 0 radical (unpaired) electrons. The Balaban J connectivity index is 1.51. The number of nitrogens with one attached hydrogen (secondary N) is 1. The van der Waals surface area contributed by atoms with E-state index in [1.807, 2.05) is 29.8 Å². The predicted molar refractivity (Wildman–Crippen MR) is 127 cm³/mol. The van der Waals surface area contributed by atoms with Gasteiger partial charge in [0.05, 0.1) is 11.6 Å². The lowest BCUT2D eigenvalue weighted by Gasteiger charge is -2.35. The lowest BCUT2D eigenvalue weighted by molar-refractivity contribution is 0.190. The number of H-pyrrole nitrogens is 1. The van der Waals surface area contributed by atoms with Gasteiger partial charge in [-0.15, -0.1) is 5.10 Å². The summed E-state index contributed by atoms with van der Waals surface area (Å²) in [6, 6.07) is 16.7. The van der Waals surface area contributed by atoms with Crippen LogP contribution in [0.25, 0.3) is 10.9 Å². The fourth-order valence-electron chi connectivity index (χ4n) is 5.63. The number of hydrogen-bond acceptors (Lipinski definition) is 5. The van der Waals surface area contributed by atoms with Crippen LogP contribution < -0.4 is 5.56 Å². The van der Waals surface area contributed by atoms with E-state index in [-0.39, 0.29) is 11.6 Å². The van der Waals surface area contributed by atoms with Gasteiger partial charge in [-0.3, -0.25) is 9.69 Å². The van der Waals surface area contributed by atoms with E-state index in [4.69, 9.17) is 0 Å². The highest BCUT2D eigenvalue weighted by Gasteiger charge is 2.34. The lowest BCUT2D eigenvalue weighted by atomic mass is 9.95. The summed E-state index contributed by atoms with van der Waals surface area (Å²) in [5.41, 5.74) is 5.29. The molecule has 2 aromatic carbocycles. The number of fused-ring (bicyclic) bond motifs is 2. The summed E-state index contributed by atoms with van der Waals surface area (Å²) in [5.74, 6) is 0.777. The Bertz CT molecular complexity index is 1370. The van der Waals surface area contributed by atoms with E-state index >= 15 is 0 Å². The molecule has 2 aliphatic rings. The third kappa shape index (κ3) is 3.56. The summed E-state index contributed by atoms with van der Waals surface area (Å²) in [6.45, 7) is 3.64. The molecule has 33 heavy (non-hydrogen) atoms. The smallest absolute Gasteiger partial charge is 0.253 e. The monoisotopic (exact) mass is 440 g/mol. The number of aromatic amines is 1. The molecule has 1 saturated carbocycles. The van der Waals surface area contributed by atoms with E-state index in [1.165, 1.54) is 24.0 Å². The Morgan fingerprint density at radius 2 is 1.88 bits per heavy atom. The average molecular weight is 441 g/mol. The first-order valence-corrected chi connectivity index (χ1v) is 11.9. The molecule has 7 heteroatoms. The van der Waals surface area contributed by atoms with Crippen LogP contribution in [0.1, 0.15) is 65.8 Å². The predicted octanol–water partition coefficient (Wildman–Crippen LogP) is 4.09. The van der Waals surface area contributed by atoms with E-state index < -0.39 is 0 Å². The molecule has 2 aromatic heterocycles. The molecule has 1 fully saturated rings. The molecule has 168 valence electrons. The van der Waals surface area contributed by atoms with E-state index in [0.29, 0.717) is 11.6 Å². The van der Waals surface area contributed by atoms with Crippen molar-refractivity contribution in [3.05, 3.63) is 87.0 Å². The quantitative estimate of drug-likeness (QED) is 0.517. The van der Waals surface area contributed by atoms with Gasteiger partial charge in [0.25, 0.3) is 5.56 Å². The molecule has 7 nitrogen and oxygen atoms in total. The van der Waals surface area contributed by atoms with E-state index in [9.17, 15) is 4.79 Å². The molecule has 0 amide bonds. The van der Waals surface area contributed by atoms with Crippen molar-refractivity contribution in [2.24, 2.45) is 0 Å². The lowest BCUT2D eigenvalue weighted by Crippen LogP contribution is -2.39. The number of para-hydroxylation sites is 1. The number of pyridine rings is 1. The maximum Gasteiger partial charge on any atom is 0.253 e. The van der Waals surface area contributed by atoms with Gasteiger partial charge in [-0.05, 0) is 64.8 Å². The zero-order valence-electron chi connectivity index (χ0n) is 18.9. The van der Waals surface area contributed by atoms with Gasteiger partial charge in [-0.25, -0.2) is 4.68 Å². The van der Waals surface area contributed by atoms with Crippen molar-refractivity contribution in [2.75, 3.05) is 6.54 Å². The van der Waals surface area contributed by atoms with Crippen LogP contribution in [0.15, 0.2) is 53.3 Å². The second-order valence-corrected chi connectivity index (χ2v) is 9.40. The standard InChI is InChI=1S/C26H28N6O/c1-17-7-6-10-19-15-22(26(33)27-23(17)19)24(25-28-29-30-32(25)21-11-4-5-12-21)31-14-13-18-8-2-3-9-20(18)16-31/h2-3,6-10,15,21,24H,4-5,11-14,16H2,1H3,(H,27,33). The number of rotatable bonds is 4. The van der Waals surface area contributed by atoms with Crippen LogP contribution in [0, 0.1) is 6.92 Å². The third-order valence-electron chi connectivity index (χ3n) is 7.37. The Labute approximate surface area is 192 Å². The van der Waals surface area contributed by atoms with Crippen molar-refractivity contribution in [1.29, 1.82) is 0 Å². The van der Waals surface area contributed by atoms with Crippen molar-refractivity contribution in [1.82, 2.24) is 30.1 Å². The fraction of sp³-hybridized carbons (Fsp3) is 0.385. The van der Waals surface area contributed by atoms with Gasteiger partial charge in [0.1, 0.15) is 6.04 Å². The molecule has 1 aliphatic heterocycles. The number of aromatic nitrogens is 5. The van der Waals surface area contributed by atoms with Gasteiger partial charge < -0.3 is 4.98 Å². The van der Waals surface area contributed by atoms with Crippen molar-refractivity contribution in [3.8, 4) is 0 Å². The summed E-state index contributed by atoms with van der Waals surface area (Å²) in [7, 11) is 0. The molecule has 1 atom stereocenters. The van der Waals surface area contributed by atoms with E-state index in [2.05, 4.69) is 55.7 Å². The molecule has 0 saturated heterocycles. The van der Waals surface area contributed by atoms with Gasteiger partial charge in [0.15, 0.2) is 5.82 Å². The summed E-state index contributed by atoms with van der Waals surface area (Å²) in [5, 5.41) is 14.0. The van der Waals surface area contributed by atoms with Crippen LogP contribution in [0.2, 0.25) is 0 Å². The van der Waals surface area contributed by atoms with Crippen LogP contribution in [0.5, 0.6) is 0 Å². The second-order valence-electron chi connectivity index (χ2n) is 9.40. The molecule has 1 aliphatic carbocycles. The molecule has 0 spiro atoms. The van der Waals surface area contributed by atoms with Gasteiger partial charge in [-0.1, -0.05) is 55.3 Å². The zero-order valence-corrected chi connectivity index (χ0v) is 18.9. The van der Waals surface area contributed by atoms with Crippen LogP contribution in [-0.2, 0) is 13.0 Å². The Hall–Kier alpha value is -3.32. The Morgan fingerprint density at radius 1 is 1.06 bits per heavy atom. The first-order chi connectivity index (χ1) is 16.2. The largest absolute Gasteiger partial charge is 0.321 e. The van der Waals surface area contributed by atoms with Gasteiger partial charge in [-0.2, -0.15) is 0 Å². The number of aryl methyl sites for hydroxylation is 1. The van der Waals surface area contributed by atoms with Crippen molar-refractivity contribution >= 4 is 10.9 Å². The summed E-state index contributed by atoms with van der Waals surface area (Å²) in [6.07, 6.45) is 5.51. The minimum Gasteiger partial charge on any atom is -0.321 e.